The van der Waals surface area contributed by atoms with Crippen LogP contribution in [0.2, 0.25) is 0 Å². The minimum absolute atomic E-state index is 0.186. The summed E-state index contributed by atoms with van der Waals surface area (Å²) in [4.78, 5) is 16.5. The first-order valence-corrected chi connectivity index (χ1v) is 9.32. The van der Waals surface area contributed by atoms with E-state index in [1.165, 1.54) is 32.7 Å². The third kappa shape index (κ3) is 3.98. The second-order valence-corrected chi connectivity index (χ2v) is 6.98. The fourth-order valence-corrected chi connectivity index (χ4v) is 3.36. The lowest BCUT2D eigenvalue weighted by atomic mass is 10.1. The van der Waals surface area contributed by atoms with Crippen molar-refractivity contribution in [3.8, 4) is 5.88 Å². The van der Waals surface area contributed by atoms with Crippen LogP contribution >= 0.6 is 0 Å². The number of hydrogen-bond acceptors (Lipinski definition) is 6. The van der Waals surface area contributed by atoms with Gasteiger partial charge in [-0.05, 0) is 26.8 Å². The van der Waals surface area contributed by atoms with E-state index in [-0.39, 0.29) is 6.10 Å². The van der Waals surface area contributed by atoms with Gasteiger partial charge in [0.15, 0.2) is 0 Å². The first-order chi connectivity index (χ1) is 11.6. The number of nitrogens with zero attached hydrogens (tertiary/aromatic N) is 5. The molecule has 1 atom stereocenters. The predicted molar refractivity (Wildman–Crippen MR) is 96.8 cm³/mol. The zero-order valence-corrected chi connectivity index (χ0v) is 15.5. The highest BCUT2D eigenvalue weighted by Gasteiger charge is 2.34. The van der Waals surface area contributed by atoms with Crippen molar-refractivity contribution >= 4 is 5.82 Å². The average molecular weight is 333 g/mol. The average Bonchev–Trinajstić information content (AvgIpc) is 2.53. The number of piperazine rings is 1. The quantitative estimate of drug-likeness (QED) is 0.791. The van der Waals surface area contributed by atoms with E-state index in [0.717, 1.165) is 31.2 Å². The fourth-order valence-electron chi connectivity index (χ4n) is 3.36. The van der Waals surface area contributed by atoms with Gasteiger partial charge in [-0.1, -0.05) is 13.8 Å². The second-order valence-electron chi connectivity index (χ2n) is 6.98. The monoisotopic (exact) mass is 333 g/mol. The largest absolute Gasteiger partial charge is 0.475 e. The van der Waals surface area contributed by atoms with Crippen molar-refractivity contribution in [3.63, 3.8) is 0 Å². The Balaban J connectivity index is 1.55. The molecule has 1 unspecified atom stereocenters. The standard InChI is InChI=1S/C18H31N5O/c1-5-14(3)24-18-11-17(19-15(4)20-18)23-12-16(13-23)22-9-7-21(6-2)8-10-22/h11,14,16H,5-10,12-13H2,1-4H3. The van der Waals surface area contributed by atoms with Crippen LogP contribution in [-0.4, -0.2) is 77.7 Å². The smallest absolute Gasteiger partial charge is 0.218 e. The molecule has 24 heavy (non-hydrogen) atoms. The lowest BCUT2D eigenvalue weighted by molar-refractivity contribution is 0.0858. The van der Waals surface area contributed by atoms with Crippen molar-refractivity contribution in [1.82, 2.24) is 19.8 Å². The lowest BCUT2D eigenvalue weighted by Crippen LogP contribution is -2.63. The van der Waals surface area contributed by atoms with Crippen LogP contribution in [0.5, 0.6) is 5.88 Å². The molecule has 0 saturated carbocycles. The molecular formula is C18H31N5O. The molecule has 0 aliphatic carbocycles. The molecule has 0 aromatic carbocycles. The Hall–Kier alpha value is -1.40. The van der Waals surface area contributed by atoms with E-state index < -0.39 is 0 Å². The fraction of sp³-hybridized carbons (Fsp3) is 0.778. The van der Waals surface area contributed by atoms with Gasteiger partial charge in [0.1, 0.15) is 11.6 Å². The third-order valence-corrected chi connectivity index (χ3v) is 5.25. The van der Waals surface area contributed by atoms with E-state index in [1.54, 1.807) is 0 Å². The van der Waals surface area contributed by atoms with Crippen LogP contribution in [0, 0.1) is 6.92 Å². The van der Waals surface area contributed by atoms with Gasteiger partial charge in [0.25, 0.3) is 0 Å². The Morgan fingerprint density at radius 2 is 1.88 bits per heavy atom. The Bertz CT molecular complexity index is 538. The summed E-state index contributed by atoms with van der Waals surface area (Å²) in [5.74, 6) is 2.49. The van der Waals surface area contributed by atoms with Crippen LogP contribution in [-0.2, 0) is 0 Å². The molecule has 2 saturated heterocycles. The van der Waals surface area contributed by atoms with Gasteiger partial charge in [0, 0.05) is 51.4 Å². The van der Waals surface area contributed by atoms with Gasteiger partial charge in [-0.15, -0.1) is 0 Å². The Labute approximate surface area is 145 Å². The van der Waals surface area contributed by atoms with Crippen molar-refractivity contribution in [1.29, 1.82) is 0 Å². The minimum atomic E-state index is 0.186. The number of hydrogen-bond donors (Lipinski definition) is 0. The van der Waals surface area contributed by atoms with Gasteiger partial charge >= 0.3 is 0 Å². The SMILES string of the molecule is CCC(C)Oc1cc(N2CC(N3CCN(CC)CC3)C2)nc(C)n1. The van der Waals surface area contributed by atoms with E-state index in [1.807, 2.05) is 13.0 Å². The van der Waals surface area contributed by atoms with Crippen LogP contribution in [0.25, 0.3) is 0 Å². The highest BCUT2D eigenvalue weighted by atomic mass is 16.5. The number of rotatable bonds is 6. The summed E-state index contributed by atoms with van der Waals surface area (Å²) in [5, 5.41) is 0. The molecule has 134 valence electrons. The molecule has 0 N–H and O–H groups in total. The van der Waals surface area contributed by atoms with E-state index in [0.29, 0.717) is 11.9 Å². The van der Waals surface area contributed by atoms with Crippen LogP contribution in [0.15, 0.2) is 6.07 Å². The molecule has 3 rings (SSSR count). The van der Waals surface area contributed by atoms with Gasteiger partial charge in [-0.25, -0.2) is 4.98 Å². The minimum Gasteiger partial charge on any atom is -0.475 e. The van der Waals surface area contributed by atoms with Crippen molar-refractivity contribution in [3.05, 3.63) is 11.9 Å². The molecule has 2 aliphatic rings. The van der Waals surface area contributed by atoms with E-state index in [2.05, 4.69) is 45.4 Å². The Morgan fingerprint density at radius 1 is 1.17 bits per heavy atom. The highest BCUT2D eigenvalue weighted by Crippen LogP contribution is 2.26. The van der Waals surface area contributed by atoms with Gasteiger partial charge in [-0.2, -0.15) is 4.98 Å². The third-order valence-electron chi connectivity index (χ3n) is 5.25. The first-order valence-electron chi connectivity index (χ1n) is 9.32. The second kappa shape index (κ2) is 7.66. The van der Waals surface area contributed by atoms with Gasteiger partial charge in [0.05, 0.1) is 6.10 Å². The molecule has 0 radical (unpaired) electrons. The first kappa shape index (κ1) is 17.4. The van der Waals surface area contributed by atoms with E-state index >= 15 is 0 Å². The zero-order chi connectivity index (χ0) is 17.1. The molecule has 2 aliphatic heterocycles. The zero-order valence-electron chi connectivity index (χ0n) is 15.5. The molecule has 1 aromatic heterocycles. The summed E-state index contributed by atoms with van der Waals surface area (Å²) >= 11 is 0. The van der Waals surface area contributed by atoms with Gasteiger partial charge in [0.2, 0.25) is 5.88 Å². The maximum absolute atomic E-state index is 5.88. The molecule has 6 nitrogen and oxygen atoms in total. The summed E-state index contributed by atoms with van der Waals surface area (Å²) in [6.45, 7) is 16.5. The molecule has 0 bridgehead atoms. The summed E-state index contributed by atoms with van der Waals surface area (Å²) in [6, 6.07) is 2.66. The van der Waals surface area contributed by atoms with Crippen molar-refractivity contribution in [2.45, 2.75) is 46.3 Å². The van der Waals surface area contributed by atoms with Crippen molar-refractivity contribution in [2.24, 2.45) is 0 Å². The summed E-state index contributed by atoms with van der Waals surface area (Å²) in [7, 11) is 0. The van der Waals surface area contributed by atoms with Crippen LogP contribution in [0.3, 0.4) is 0 Å². The molecule has 1 aromatic rings. The van der Waals surface area contributed by atoms with Crippen LogP contribution in [0.1, 0.15) is 33.0 Å². The highest BCUT2D eigenvalue weighted by molar-refractivity contribution is 5.45. The van der Waals surface area contributed by atoms with Crippen molar-refractivity contribution in [2.75, 3.05) is 50.7 Å². The Kier molecular flexibility index (Phi) is 5.56. The molecule has 0 amide bonds. The van der Waals surface area contributed by atoms with Crippen molar-refractivity contribution < 1.29 is 4.74 Å². The molecule has 6 heteroatoms. The number of ether oxygens (including phenoxy) is 1. The number of aromatic nitrogens is 2. The molecule has 3 heterocycles. The summed E-state index contributed by atoms with van der Waals surface area (Å²) in [5.41, 5.74) is 0. The van der Waals surface area contributed by atoms with Crippen LogP contribution in [0.4, 0.5) is 5.82 Å². The summed E-state index contributed by atoms with van der Waals surface area (Å²) < 4.78 is 5.88. The number of anilines is 1. The molecule has 0 spiro atoms. The van der Waals surface area contributed by atoms with Crippen LogP contribution < -0.4 is 9.64 Å². The lowest BCUT2D eigenvalue weighted by Gasteiger charge is -2.48. The summed E-state index contributed by atoms with van der Waals surface area (Å²) in [6.07, 6.45) is 1.17. The van der Waals surface area contributed by atoms with Gasteiger partial charge in [-0.3, -0.25) is 4.90 Å². The number of aryl methyl sites for hydroxylation is 1. The topological polar surface area (TPSA) is 44.7 Å². The predicted octanol–water partition coefficient (Wildman–Crippen LogP) is 1.79. The number of likely N-dealkylation sites (N-methyl/N-ethyl adjacent to an activating group) is 1. The van der Waals surface area contributed by atoms with E-state index in [9.17, 15) is 0 Å². The molecule has 2 fully saturated rings. The van der Waals surface area contributed by atoms with E-state index in [4.69, 9.17) is 4.74 Å². The molecular weight excluding hydrogens is 302 g/mol. The maximum Gasteiger partial charge on any atom is 0.218 e. The Morgan fingerprint density at radius 3 is 2.50 bits per heavy atom. The van der Waals surface area contributed by atoms with Gasteiger partial charge < -0.3 is 14.5 Å². The normalized spacial score (nSPS) is 21.6. The maximum atomic E-state index is 5.88.